The predicted molar refractivity (Wildman–Crippen MR) is 44.0 cm³/mol. The number of allylic oxidation sites excluding steroid dienone is 4. The van der Waals surface area contributed by atoms with E-state index in [9.17, 15) is 4.39 Å². The van der Waals surface area contributed by atoms with Crippen LogP contribution in [0.3, 0.4) is 0 Å². The zero-order valence-electron chi connectivity index (χ0n) is 6.32. The molecule has 0 aromatic rings. The van der Waals surface area contributed by atoms with Gasteiger partial charge in [0.1, 0.15) is 5.83 Å². The highest BCUT2D eigenvalue weighted by Crippen LogP contribution is 2.10. The van der Waals surface area contributed by atoms with Crippen LogP contribution in [-0.2, 0) is 0 Å². The first kappa shape index (κ1) is 9.70. The van der Waals surface area contributed by atoms with E-state index in [4.69, 9.17) is 11.6 Å². The first-order valence-corrected chi connectivity index (χ1v) is 3.84. The maximum absolute atomic E-state index is 12.7. The van der Waals surface area contributed by atoms with Crippen molar-refractivity contribution in [3.63, 3.8) is 0 Å². The summed E-state index contributed by atoms with van der Waals surface area (Å²) in [5.74, 6) is 0.208. The summed E-state index contributed by atoms with van der Waals surface area (Å²) in [6.07, 6.45) is 3.92. The molecule has 0 spiro atoms. The van der Waals surface area contributed by atoms with E-state index in [-0.39, 0.29) is 5.83 Å². The monoisotopic (exact) mass is 162 g/mol. The van der Waals surface area contributed by atoms with Gasteiger partial charge in [-0.25, -0.2) is 4.39 Å². The second kappa shape index (κ2) is 5.48. The fourth-order valence-corrected chi connectivity index (χ4v) is 0.785. The predicted octanol–water partition coefficient (Wildman–Crippen LogP) is 3.43. The highest BCUT2D eigenvalue weighted by atomic mass is 35.5. The molecule has 0 aliphatic carbocycles. The van der Waals surface area contributed by atoms with Gasteiger partial charge in [0.15, 0.2) is 0 Å². The average molecular weight is 163 g/mol. The number of alkyl halides is 1. The highest BCUT2D eigenvalue weighted by molar-refractivity contribution is 6.18. The molecule has 0 aromatic carbocycles. The largest absolute Gasteiger partial charge is 0.207 e. The molecule has 0 radical (unpaired) electrons. The van der Waals surface area contributed by atoms with Gasteiger partial charge < -0.3 is 0 Å². The minimum absolute atomic E-state index is 0.164. The molecule has 58 valence electrons. The van der Waals surface area contributed by atoms with E-state index >= 15 is 0 Å². The van der Waals surface area contributed by atoms with Gasteiger partial charge in [-0.2, -0.15) is 0 Å². The zero-order valence-corrected chi connectivity index (χ0v) is 7.08. The van der Waals surface area contributed by atoms with Crippen LogP contribution in [0.5, 0.6) is 0 Å². The number of hydrogen-bond donors (Lipinski definition) is 0. The molecule has 0 amide bonds. The van der Waals surface area contributed by atoms with Crippen LogP contribution in [0.4, 0.5) is 4.39 Å². The van der Waals surface area contributed by atoms with Crippen molar-refractivity contribution >= 4 is 11.6 Å². The molecule has 2 heteroatoms. The summed E-state index contributed by atoms with van der Waals surface area (Å²) < 4.78 is 12.7. The molecule has 0 saturated carbocycles. The molecule has 0 N–H and O–H groups in total. The molecule has 0 heterocycles. The van der Waals surface area contributed by atoms with Crippen LogP contribution in [0.2, 0.25) is 0 Å². The smallest absolute Gasteiger partial charge is 0.121 e. The van der Waals surface area contributed by atoms with E-state index in [1.165, 1.54) is 0 Å². The lowest BCUT2D eigenvalue weighted by molar-refractivity contribution is 0.645. The van der Waals surface area contributed by atoms with E-state index in [1.807, 2.05) is 6.92 Å². The van der Waals surface area contributed by atoms with Crippen LogP contribution < -0.4 is 0 Å². The van der Waals surface area contributed by atoms with Gasteiger partial charge in [0.25, 0.3) is 0 Å². The number of hydrogen-bond acceptors (Lipinski definition) is 0. The van der Waals surface area contributed by atoms with Crippen molar-refractivity contribution in [2.75, 3.05) is 5.88 Å². The third-order valence-corrected chi connectivity index (χ3v) is 1.30. The second-order valence-corrected chi connectivity index (χ2v) is 2.31. The lowest BCUT2D eigenvalue weighted by atomic mass is 10.2. The van der Waals surface area contributed by atoms with Gasteiger partial charge in [0, 0.05) is 5.88 Å². The van der Waals surface area contributed by atoms with E-state index in [2.05, 4.69) is 0 Å². The van der Waals surface area contributed by atoms with Crippen LogP contribution in [0, 0.1) is 0 Å². The third-order valence-electron chi connectivity index (χ3n) is 1.14. The Labute approximate surface area is 66.4 Å². The minimum atomic E-state index is -0.164. The Hall–Kier alpha value is -0.300. The van der Waals surface area contributed by atoms with Crippen LogP contribution >= 0.6 is 11.6 Å². The standard InChI is InChI=1S/C8H12ClF/c1-3-4-8(10)7(2)5-6-9/h4-5H,3,6H2,1-2H3/b7-5-,8-4+. The summed E-state index contributed by atoms with van der Waals surface area (Å²) in [4.78, 5) is 0. The van der Waals surface area contributed by atoms with Crippen LogP contribution in [0.1, 0.15) is 20.3 Å². The maximum Gasteiger partial charge on any atom is 0.121 e. The summed E-state index contributed by atoms with van der Waals surface area (Å²) in [6.45, 7) is 3.61. The summed E-state index contributed by atoms with van der Waals surface area (Å²) >= 11 is 5.37. The lowest BCUT2D eigenvalue weighted by Crippen LogP contribution is -1.77. The Morgan fingerprint density at radius 2 is 2.10 bits per heavy atom. The third kappa shape index (κ3) is 3.67. The van der Waals surface area contributed by atoms with Crippen molar-refractivity contribution < 1.29 is 4.39 Å². The van der Waals surface area contributed by atoms with Crippen molar-refractivity contribution in [3.05, 3.63) is 23.6 Å². The van der Waals surface area contributed by atoms with E-state index in [1.54, 1.807) is 19.1 Å². The topological polar surface area (TPSA) is 0 Å². The van der Waals surface area contributed by atoms with Gasteiger partial charge in [-0.1, -0.05) is 13.0 Å². The first-order chi connectivity index (χ1) is 4.72. The Balaban J connectivity index is 4.06. The molecule has 0 rings (SSSR count). The van der Waals surface area contributed by atoms with Crippen molar-refractivity contribution in [2.24, 2.45) is 0 Å². The van der Waals surface area contributed by atoms with Crippen molar-refractivity contribution in [1.29, 1.82) is 0 Å². The Morgan fingerprint density at radius 1 is 1.50 bits per heavy atom. The molecule has 10 heavy (non-hydrogen) atoms. The summed E-state index contributed by atoms with van der Waals surface area (Å²) in [5, 5.41) is 0. The molecule has 0 saturated heterocycles. The SMILES string of the molecule is CC/C=C(F)\C(C)=C/CCl. The molecule has 0 atom stereocenters. The fraction of sp³-hybridized carbons (Fsp3) is 0.500. The molecule has 0 unspecified atom stereocenters. The van der Waals surface area contributed by atoms with Crippen LogP contribution in [-0.4, -0.2) is 5.88 Å². The summed E-state index contributed by atoms with van der Waals surface area (Å²) in [6, 6.07) is 0. The van der Waals surface area contributed by atoms with Crippen molar-refractivity contribution in [1.82, 2.24) is 0 Å². The van der Waals surface area contributed by atoms with Gasteiger partial charge in [-0.15, -0.1) is 11.6 Å². The lowest BCUT2D eigenvalue weighted by Gasteiger charge is -1.93. The molecule has 0 bridgehead atoms. The Bertz CT molecular complexity index is 129. The van der Waals surface area contributed by atoms with Gasteiger partial charge in [0.05, 0.1) is 0 Å². The Kier molecular flexibility index (Phi) is 5.32. The normalized spacial score (nSPS) is 14.0. The van der Waals surface area contributed by atoms with E-state index in [0.717, 1.165) is 6.42 Å². The summed E-state index contributed by atoms with van der Waals surface area (Å²) in [5.41, 5.74) is 0.622. The molecule has 0 aliphatic rings. The van der Waals surface area contributed by atoms with Gasteiger partial charge in [-0.05, 0) is 25.0 Å². The minimum Gasteiger partial charge on any atom is -0.207 e. The van der Waals surface area contributed by atoms with Gasteiger partial charge in [-0.3, -0.25) is 0 Å². The van der Waals surface area contributed by atoms with E-state index < -0.39 is 0 Å². The molecular weight excluding hydrogens is 151 g/mol. The molecule has 0 aliphatic heterocycles. The quantitative estimate of drug-likeness (QED) is 0.441. The highest BCUT2D eigenvalue weighted by Gasteiger charge is 1.93. The Morgan fingerprint density at radius 3 is 2.50 bits per heavy atom. The average Bonchev–Trinajstić information content (AvgIpc) is 1.89. The molecule has 0 fully saturated rings. The van der Waals surface area contributed by atoms with Crippen LogP contribution in [0.25, 0.3) is 0 Å². The number of rotatable bonds is 3. The van der Waals surface area contributed by atoms with Gasteiger partial charge in [0.2, 0.25) is 0 Å². The summed E-state index contributed by atoms with van der Waals surface area (Å²) in [7, 11) is 0. The fourth-order valence-electron chi connectivity index (χ4n) is 0.553. The van der Waals surface area contributed by atoms with E-state index in [0.29, 0.717) is 11.5 Å². The van der Waals surface area contributed by atoms with Gasteiger partial charge >= 0.3 is 0 Å². The van der Waals surface area contributed by atoms with Crippen molar-refractivity contribution in [3.8, 4) is 0 Å². The maximum atomic E-state index is 12.7. The molecule has 0 nitrogen and oxygen atoms in total. The van der Waals surface area contributed by atoms with Crippen molar-refractivity contribution in [2.45, 2.75) is 20.3 Å². The number of halogens is 2. The van der Waals surface area contributed by atoms with Crippen LogP contribution in [0.15, 0.2) is 23.6 Å². The molecule has 0 aromatic heterocycles. The first-order valence-electron chi connectivity index (χ1n) is 3.31. The second-order valence-electron chi connectivity index (χ2n) is 2.00. The zero-order chi connectivity index (χ0) is 7.98. The molecular formula is C8H12ClF.